The molecule has 0 N–H and O–H groups in total. The molecule has 0 atom stereocenters. The summed E-state index contributed by atoms with van der Waals surface area (Å²) in [5.74, 6) is 0. The highest BCUT2D eigenvalue weighted by atomic mass is 14.0. The summed E-state index contributed by atoms with van der Waals surface area (Å²) >= 11 is 0. The van der Waals surface area contributed by atoms with E-state index in [-0.39, 0.29) is 0 Å². The quantitative estimate of drug-likeness (QED) is 0.328. The average Bonchev–Trinajstić information content (AvgIpc) is 2.19. The SMILES string of the molecule is [CH2]CCCCCC(=C)CCCCCC. The smallest absolute Gasteiger partial charge is 0.0323 e. The second-order valence-corrected chi connectivity index (χ2v) is 4.22. The maximum absolute atomic E-state index is 4.13. The molecular weight excluding hydrogens is 168 g/mol. The lowest BCUT2D eigenvalue weighted by Crippen LogP contribution is -1.85. The van der Waals surface area contributed by atoms with Crippen LogP contribution in [0.5, 0.6) is 0 Å². The van der Waals surface area contributed by atoms with Crippen molar-refractivity contribution in [2.24, 2.45) is 0 Å². The van der Waals surface area contributed by atoms with Gasteiger partial charge >= 0.3 is 0 Å². The molecule has 83 valence electrons. The second kappa shape index (κ2) is 10.8. The number of hydrogen-bond acceptors (Lipinski definition) is 0. The fraction of sp³-hybridized carbons (Fsp3) is 0.786. The highest BCUT2D eigenvalue weighted by Crippen LogP contribution is 2.15. The number of unbranched alkanes of at least 4 members (excludes halogenated alkanes) is 6. The zero-order valence-corrected chi connectivity index (χ0v) is 9.99. The van der Waals surface area contributed by atoms with E-state index in [1.807, 2.05) is 0 Å². The first-order valence-electron chi connectivity index (χ1n) is 6.27. The minimum atomic E-state index is 1.09. The van der Waals surface area contributed by atoms with Crippen LogP contribution in [0.3, 0.4) is 0 Å². The maximum Gasteiger partial charge on any atom is -0.0323 e. The van der Waals surface area contributed by atoms with Crippen molar-refractivity contribution in [3.05, 3.63) is 19.1 Å². The van der Waals surface area contributed by atoms with Gasteiger partial charge in [-0.3, -0.25) is 0 Å². The zero-order chi connectivity index (χ0) is 10.6. The first-order valence-corrected chi connectivity index (χ1v) is 6.27. The largest absolute Gasteiger partial charge is 0.0999 e. The van der Waals surface area contributed by atoms with Gasteiger partial charge in [-0.05, 0) is 25.7 Å². The highest BCUT2D eigenvalue weighted by molar-refractivity contribution is 4.93. The Morgan fingerprint density at radius 2 is 1.43 bits per heavy atom. The Morgan fingerprint density at radius 1 is 0.857 bits per heavy atom. The second-order valence-electron chi connectivity index (χ2n) is 4.22. The van der Waals surface area contributed by atoms with Crippen molar-refractivity contribution in [1.82, 2.24) is 0 Å². The number of rotatable bonds is 10. The zero-order valence-electron chi connectivity index (χ0n) is 9.99. The third-order valence-corrected chi connectivity index (χ3v) is 2.66. The summed E-state index contributed by atoms with van der Waals surface area (Å²) in [6.07, 6.45) is 13.0. The summed E-state index contributed by atoms with van der Waals surface area (Å²) in [7, 11) is 0. The van der Waals surface area contributed by atoms with Crippen LogP contribution in [0.25, 0.3) is 0 Å². The Hall–Kier alpha value is -0.260. The lowest BCUT2D eigenvalue weighted by molar-refractivity contribution is 0.631. The van der Waals surface area contributed by atoms with Crippen LogP contribution in [0.15, 0.2) is 12.2 Å². The van der Waals surface area contributed by atoms with Gasteiger partial charge in [0.05, 0.1) is 0 Å². The van der Waals surface area contributed by atoms with Gasteiger partial charge in [-0.2, -0.15) is 0 Å². The van der Waals surface area contributed by atoms with E-state index in [0.29, 0.717) is 0 Å². The molecule has 0 aromatic heterocycles. The molecule has 0 saturated heterocycles. The molecule has 0 spiro atoms. The Kier molecular flexibility index (Phi) is 10.6. The molecular formula is C14H27. The molecule has 0 bridgehead atoms. The van der Waals surface area contributed by atoms with Gasteiger partial charge in [0.25, 0.3) is 0 Å². The third kappa shape index (κ3) is 9.83. The molecule has 0 fully saturated rings. The van der Waals surface area contributed by atoms with Gasteiger partial charge in [-0.25, -0.2) is 0 Å². The van der Waals surface area contributed by atoms with Crippen LogP contribution >= 0.6 is 0 Å². The summed E-state index contributed by atoms with van der Waals surface area (Å²) in [5, 5.41) is 0. The van der Waals surface area contributed by atoms with Crippen molar-refractivity contribution >= 4 is 0 Å². The molecule has 0 unspecified atom stereocenters. The van der Waals surface area contributed by atoms with Crippen molar-refractivity contribution < 1.29 is 0 Å². The van der Waals surface area contributed by atoms with E-state index in [1.54, 1.807) is 0 Å². The van der Waals surface area contributed by atoms with E-state index in [2.05, 4.69) is 20.4 Å². The summed E-state index contributed by atoms with van der Waals surface area (Å²) in [6.45, 7) is 10.2. The molecule has 0 saturated carbocycles. The minimum absolute atomic E-state index is 1.09. The first-order chi connectivity index (χ1) is 6.81. The lowest BCUT2D eigenvalue weighted by Gasteiger charge is -2.04. The summed E-state index contributed by atoms with van der Waals surface area (Å²) in [4.78, 5) is 0. The van der Waals surface area contributed by atoms with E-state index in [1.165, 1.54) is 63.4 Å². The fourth-order valence-corrected chi connectivity index (χ4v) is 1.66. The van der Waals surface area contributed by atoms with Crippen molar-refractivity contribution in [1.29, 1.82) is 0 Å². The van der Waals surface area contributed by atoms with Crippen LogP contribution in [0, 0.1) is 6.92 Å². The molecule has 14 heavy (non-hydrogen) atoms. The van der Waals surface area contributed by atoms with Gasteiger partial charge in [-0.15, -0.1) is 0 Å². The van der Waals surface area contributed by atoms with E-state index >= 15 is 0 Å². The van der Waals surface area contributed by atoms with Gasteiger partial charge < -0.3 is 0 Å². The van der Waals surface area contributed by atoms with Gasteiger partial charge in [-0.1, -0.05) is 64.5 Å². The highest BCUT2D eigenvalue weighted by Gasteiger charge is 1.95. The van der Waals surface area contributed by atoms with Crippen molar-refractivity contribution in [2.45, 2.75) is 71.1 Å². The van der Waals surface area contributed by atoms with Crippen molar-refractivity contribution in [3.8, 4) is 0 Å². The van der Waals surface area contributed by atoms with E-state index in [0.717, 1.165) is 6.42 Å². The third-order valence-electron chi connectivity index (χ3n) is 2.66. The monoisotopic (exact) mass is 195 g/mol. The van der Waals surface area contributed by atoms with E-state index in [4.69, 9.17) is 0 Å². The maximum atomic E-state index is 4.13. The van der Waals surface area contributed by atoms with Gasteiger partial charge in [0.15, 0.2) is 0 Å². The molecule has 0 aromatic rings. The summed E-state index contributed by atoms with van der Waals surface area (Å²) in [5.41, 5.74) is 1.46. The van der Waals surface area contributed by atoms with Crippen LogP contribution in [0.4, 0.5) is 0 Å². The molecule has 0 amide bonds. The first kappa shape index (κ1) is 13.7. The predicted octanol–water partition coefficient (Wildman–Crippen LogP) is 5.30. The van der Waals surface area contributed by atoms with Gasteiger partial charge in [0.1, 0.15) is 0 Å². The fourth-order valence-electron chi connectivity index (χ4n) is 1.66. The molecule has 0 heteroatoms. The lowest BCUT2D eigenvalue weighted by atomic mass is 10.0. The van der Waals surface area contributed by atoms with Crippen LogP contribution < -0.4 is 0 Å². The van der Waals surface area contributed by atoms with Crippen molar-refractivity contribution in [2.75, 3.05) is 0 Å². The van der Waals surface area contributed by atoms with Crippen LogP contribution in [0.1, 0.15) is 71.1 Å². The Bertz CT molecular complexity index is 110. The normalized spacial score (nSPS) is 10.4. The summed E-state index contributed by atoms with van der Waals surface area (Å²) in [6, 6.07) is 0. The molecule has 0 nitrogen and oxygen atoms in total. The van der Waals surface area contributed by atoms with Gasteiger partial charge in [0.2, 0.25) is 0 Å². The van der Waals surface area contributed by atoms with Crippen molar-refractivity contribution in [3.63, 3.8) is 0 Å². The molecule has 0 rings (SSSR count). The number of hydrogen-bond donors (Lipinski definition) is 0. The standard InChI is InChI=1S/C14H27/c1-4-6-8-10-12-14(3)13-11-9-7-5-2/h1,3-13H2,2H3. The topological polar surface area (TPSA) is 0 Å². The molecule has 0 heterocycles. The Morgan fingerprint density at radius 3 is 1.93 bits per heavy atom. The average molecular weight is 195 g/mol. The molecule has 0 aliphatic carbocycles. The Labute approximate surface area is 90.8 Å². The molecule has 0 aliphatic heterocycles. The Balaban J connectivity index is 3.11. The summed E-state index contributed by atoms with van der Waals surface area (Å²) < 4.78 is 0. The molecule has 1 radical (unpaired) electrons. The van der Waals surface area contributed by atoms with Crippen LogP contribution in [0.2, 0.25) is 0 Å². The molecule has 0 aromatic carbocycles. The van der Waals surface area contributed by atoms with Gasteiger partial charge in [0, 0.05) is 0 Å². The number of allylic oxidation sites excluding steroid dienone is 1. The van der Waals surface area contributed by atoms with Crippen LogP contribution in [-0.4, -0.2) is 0 Å². The van der Waals surface area contributed by atoms with E-state index < -0.39 is 0 Å². The minimum Gasteiger partial charge on any atom is -0.0999 e. The van der Waals surface area contributed by atoms with E-state index in [9.17, 15) is 0 Å². The molecule has 0 aliphatic rings. The predicted molar refractivity (Wildman–Crippen MR) is 66.3 cm³/mol. The van der Waals surface area contributed by atoms with Crippen LogP contribution in [-0.2, 0) is 0 Å².